The molecule has 1 aliphatic carbocycles. The van der Waals surface area contributed by atoms with E-state index in [-0.39, 0.29) is 18.1 Å². The molecule has 2 rings (SSSR count). The van der Waals surface area contributed by atoms with Gasteiger partial charge in [-0.15, -0.1) is 0 Å². The standard InChI is InChI=1S/C23H40O6Si2/c1-11-27-20(25)17-14-15(2)18(29-31(9,10)22(3,4)5)19(24)23(17,26)16-12-13-28-21(16)30(6,7)8/h12-13,17-19,24,26H,2,11,14H2,1,3-10H3/t17-,18+,19+,23+/m0/s1. The molecule has 0 amide bonds. The summed E-state index contributed by atoms with van der Waals surface area (Å²) in [7, 11) is -4.33. The second-order valence-electron chi connectivity index (χ2n) is 11.1. The molecule has 0 spiro atoms. The Hall–Kier alpha value is -1.20. The Balaban J connectivity index is 2.63. The third-order valence-electron chi connectivity index (χ3n) is 6.71. The lowest BCUT2D eigenvalue weighted by Gasteiger charge is -2.50. The molecule has 0 radical (unpaired) electrons. The molecule has 2 N–H and O–H groups in total. The molecule has 0 bridgehead atoms. The molecule has 1 heterocycles. The molecule has 0 aliphatic heterocycles. The fourth-order valence-electron chi connectivity index (χ4n) is 3.89. The van der Waals surface area contributed by atoms with Crippen molar-refractivity contribution < 1.29 is 28.6 Å². The summed E-state index contributed by atoms with van der Waals surface area (Å²) in [4.78, 5) is 12.9. The Bertz CT molecular complexity index is 817. The minimum atomic E-state index is -2.30. The van der Waals surface area contributed by atoms with E-state index in [2.05, 4.69) is 60.1 Å². The predicted molar refractivity (Wildman–Crippen MR) is 128 cm³/mol. The lowest BCUT2D eigenvalue weighted by Crippen LogP contribution is -2.63. The molecule has 1 saturated carbocycles. The molecular weight excluding hydrogens is 428 g/mol. The van der Waals surface area contributed by atoms with Crippen molar-refractivity contribution in [3.8, 4) is 0 Å². The van der Waals surface area contributed by atoms with E-state index in [1.807, 2.05) is 0 Å². The molecule has 31 heavy (non-hydrogen) atoms. The second-order valence-corrected chi connectivity index (χ2v) is 20.9. The summed E-state index contributed by atoms with van der Waals surface area (Å²) >= 11 is 0. The summed E-state index contributed by atoms with van der Waals surface area (Å²) in [5, 5.41) is 24.2. The molecule has 6 nitrogen and oxygen atoms in total. The zero-order chi connectivity index (χ0) is 24.0. The average Bonchev–Trinajstić information content (AvgIpc) is 3.12. The maximum absolute atomic E-state index is 12.9. The number of aliphatic hydroxyl groups excluding tert-OH is 1. The van der Waals surface area contributed by atoms with Crippen LogP contribution in [0.25, 0.3) is 0 Å². The molecule has 4 atom stereocenters. The van der Waals surface area contributed by atoms with E-state index in [1.165, 1.54) is 6.26 Å². The Kier molecular flexibility index (Phi) is 7.25. The van der Waals surface area contributed by atoms with Gasteiger partial charge >= 0.3 is 5.97 Å². The molecule has 1 aromatic rings. The number of ether oxygens (including phenoxy) is 1. The zero-order valence-electron chi connectivity index (χ0n) is 20.5. The summed E-state index contributed by atoms with van der Waals surface area (Å²) in [6, 6.07) is 1.67. The summed E-state index contributed by atoms with van der Waals surface area (Å²) in [5.41, 5.74) is -0.852. The maximum Gasteiger partial charge on any atom is 0.312 e. The van der Waals surface area contributed by atoms with Gasteiger partial charge < -0.3 is 23.8 Å². The minimum absolute atomic E-state index is 0.0950. The van der Waals surface area contributed by atoms with Gasteiger partial charge in [-0.2, -0.15) is 0 Å². The van der Waals surface area contributed by atoms with Crippen molar-refractivity contribution >= 4 is 27.7 Å². The van der Waals surface area contributed by atoms with Crippen LogP contribution in [0.4, 0.5) is 0 Å². The molecule has 8 heteroatoms. The fraction of sp³-hybridized carbons (Fsp3) is 0.696. The van der Waals surface area contributed by atoms with Crippen molar-refractivity contribution in [1.29, 1.82) is 0 Å². The molecule has 1 aliphatic rings. The SMILES string of the molecule is C=C1C[C@@H](C(=O)OCC)[C@](O)(c2ccoc2[Si](C)(C)C)[C@H](O)[C@@H]1O[Si](C)(C)C(C)(C)C. The van der Waals surface area contributed by atoms with Crippen molar-refractivity contribution in [2.75, 3.05) is 6.61 Å². The number of rotatable bonds is 6. The molecule has 0 aromatic carbocycles. The van der Waals surface area contributed by atoms with Crippen LogP contribution in [0.5, 0.6) is 0 Å². The molecule has 176 valence electrons. The van der Waals surface area contributed by atoms with Gasteiger partial charge in [0.15, 0.2) is 8.32 Å². The van der Waals surface area contributed by atoms with Crippen molar-refractivity contribution in [3.63, 3.8) is 0 Å². The molecule has 1 fully saturated rings. The van der Waals surface area contributed by atoms with Gasteiger partial charge in [0, 0.05) is 5.56 Å². The van der Waals surface area contributed by atoms with Crippen LogP contribution >= 0.6 is 0 Å². The Morgan fingerprint density at radius 1 is 1.29 bits per heavy atom. The Morgan fingerprint density at radius 3 is 2.35 bits per heavy atom. The molecule has 1 aromatic heterocycles. The lowest BCUT2D eigenvalue weighted by atomic mass is 9.67. The third kappa shape index (κ3) is 4.78. The quantitative estimate of drug-likeness (QED) is 0.374. The van der Waals surface area contributed by atoms with Crippen LogP contribution in [0.2, 0.25) is 37.8 Å². The van der Waals surface area contributed by atoms with Crippen LogP contribution in [0, 0.1) is 5.92 Å². The van der Waals surface area contributed by atoms with Gasteiger partial charge in [0.1, 0.15) is 19.8 Å². The Labute approximate surface area is 188 Å². The van der Waals surface area contributed by atoms with Crippen LogP contribution < -0.4 is 5.38 Å². The van der Waals surface area contributed by atoms with E-state index in [0.29, 0.717) is 16.5 Å². The molecule has 0 saturated heterocycles. The fourth-order valence-corrected chi connectivity index (χ4v) is 6.69. The Morgan fingerprint density at radius 2 is 1.87 bits per heavy atom. The van der Waals surface area contributed by atoms with Crippen molar-refractivity contribution in [3.05, 3.63) is 30.0 Å². The molecular formula is C23H40O6Si2. The van der Waals surface area contributed by atoms with Gasteiger partial charge in [-0.1, -0.05) is 47.0 Å². The highest BCUT2D eigenvalue weighted by Gasteiger charge is 2.59. The number of esters is 1. The maximum atomic E-state index is 12.9. The van der Waals surface area contributed by atoms with E-state index in [0.717, 1.165) is 0 Å². The van der Waals surface area contributed by atoms with Crippen LogP contribution in [0.15, 0.2) is 28.9 Å². The van der Waals surface area contributed by atoms with Crippen molar-refractivity contribution in [1.82, 2.24) is 0 Å². The van der Waals surface area contributed by atoms with Crippen LogP contribution in [0.3, 0.4) is 0 Å². The van der Waals surface area contributed by atoms with E-state index in [4.69, 9.17) is 13.6 Å². The number of carbonyl (C=O) groups excluding carboxylic acids is 1. The van der Waals surface area contributed by atoms with E-state index < -0.39 is 46.1 Å². The van der Waals surface area contributed by atoms with Crippen LogP contribution in [-0.2, 0) is 19.6 Å². The number of aliphatic hydroxyl groups is 2. The van der Waals surface area contributed by atoms with Crippen LogP contribution in [-0.4, -0.2) is 51.4 Å². The normalized spacial score (nSPS) is 28.0. The van der Waals surface area contributed by atoms with E-state index in [9.17, 15) is 15.0 Å². The monoisotopic (exact) mass is 468 g/mol. The number of hydrogen-bond donors (Lipinski definition) is 2. The lowest BCUT2D eigenvalue weighted by molar-refractivity contribution is -0.190. The van der Waals surface area contributed by atoms with E-state index >= 15 is 0 Å². The first-order chi connectivity index (χ1) is 14.0. The number of hydrogen-bond acceptors (Lipinski definition) is 6. The third-order valence-corrected chi connectivity index (χ3v) is 12.9. The first-order valence-electron chi connectivity index (χ1n) is 11.0. The van der Waals surface area contributed by atoms with Gasteiger partial charge in [-0.05, 0) is 43.1 Å². The minimum Gasteiger partial charge on any atom is -0.474 e. The van der Waals surface area contributed by atoms with Crippen molar-refractivity contribution in [2.24, 2.45) is 5.92 Å². The highest BCUT2D eigenvalue weighted by Crippen LogP contribution is 2.48. The predicted octanol–water partition coefficient (Wildman–Crippen LogP) is 3.90. The zero-order valence-corrected chi connectivity index (χ0v) is 22.5. The highest BCUT2D eigenvalue weighted by atomic mass is 28.4. The van der Waals surface area contributed by atoms with Gasteiger partial charge in [0.05, 0.1) is 30.3 Å². The summed E-state index contributed by atoms with van der Waals surface area (Å²) in [6.45, 7) is 22.8. The average molecular weight is 469 g/mol. The summed E-state index contributed by atoms with van der Waals surface area (Å²) in [6.07, 6.45) is -0.490. The van der Waals surface area contributed by atoms with Gasteiger partial charge in [-0.3, -0.25) is 4.79 Å². The first kappa shape index (κ1) is 26.1. The topological polar surface area (TPSA) is 89.1 Å². The van der Waals surface area contributed by atoms with E-state index in [1.54, 1.807) is 13.0 Å². The van der Waals surface area contributed by atoms with Gasteiger partial charge in [0.25, 0.3) is 0 Å². The second kappa shape index (κ2) is 8.63. The number of furan rings is 1. The summed E-state index contributed by atoms with van der Waals surface area (Å²) < 4.78 is 17.6. The first-order valence-corrected chi connectivity index (χ1v) is 17.4. The number of carbonyl (C=O) groups is 1. The highest BCUT2D eigenvalue weighted by molar-refractivity contribution is 6.88. The smallest absolute Gasteiger partial charge is 0.312 e. The largest absolute Gasteiger partial charge is 0.474 e. The molecule has 0 unspecified atom stereocenters. The van der Waals surface area contributed by atoms with Crippen LogP contribution in [0.1, 0.15) is 39.7 Å². The van der Waals surface area contributed by atoms with Gasteiger partial charge in [-0.25, -0.2) is 0 Å². The summed E-state index contributed by atoms with van der Waals surface area (Å²) in [5.74, 6) is -1.55. The van der Waals surface area contributed by atoms with Crippen molar-refractivity contribution in [2.45, 2.75) is 89.7 Å². The van der Waals surface area contributed by atoms with Gasteiger partial charge in [0.2, 0.25) is 0 Å².